The van der Waals surface area contributed by atoms with Crippen LogP contribution in [0.5, 0.6) is 0 Å². The van der Waals surface area contributed by atoms with Gasteiger partial charge in [-0.15, -0.1) is 11.3 Å². The molecule has 0 fully saturated rings. The Morgan fingerprint density at radius 2 is 1.85 bits per heavy atom. The number of benzene rings is 2. The Morgan fingerprint density at radius 1 is 1.04 bits per heavy atom. The van der Waals surface area contributed by atoms with Crippen molar-refractivity contribution in [1.82, 2.24) is 14.8 Å². The molecule has 0 aliphatic heterocycles. The SMILES string of the molecule is CC(=O)c1ccc(-c2cccc(-c3ccn(Cc4cscn4)n3)c2)cc1. The molecule has 26 heavy (non-hydrogen) atoms. The Balaban J connectivity index is 1.59. The number of hydrogen-bond donors (Lipinski definition) is 0. The molecule has 5 heteroatoms. The lowest BCUT2D eigenvalue weighted by Crippen LogP contribution is -2.00. The molecule has 2 heterocycles. The van der Waals surface area contributed by atoms with Crippen molar-refractivity contribution in [3.63, 3.8) is 0 Å². The van der Waals surface area contributed by atoms with E-state index in [1.807, 2.05) is 58.2 Å². The third-order valence-corrected chi connectivity index (χ3v) is 4.87. The van der Waals surface area contributed by atoms with Gasteiger partial charge in [-0.1, -0.05) is 42.5 Å². The summed E-state index contributed by atoms with van der Waals surface area (Å²) < 4.78 is 1.90. The van der Waals surface area contributed by atoms with Crippen LogP contribution >= 0.6 is 11.3 Å². The lowest BCUT2D eigenvalue weighted by molar-refractivity contribution is 0.101. The Morgan fingerprint density at radius 3 is 2.58 bits per heavy atom. The van der Waals surface area contributed by atoms with Crippen LogP contribution < -0.4 is 0 Å². The predicted molar refractivity (Wildman–Crippen MR) is 104 cm³/mol. The van der Waals surface area contributed by atoms with E-state index in [0.717, 1.165) is 33.6 Å². The zero-order valence-corrected chi connectivity index (χ0v) is 15.1. The van der Waals surface area contributed by atoms with Gasteiger partial charge in [0.1, 0.15) is 0 Å². The van der Waals surface area contributed by atoms with Crippen LogP contribution in [0.2, 0.25) is 0 Å². The van der Waals surface area contributed by atoms with Gasteiger partial charge in [-0.3, -0.25) is 9.48 Å². The number of carbonyl (C=O) groups excluding carboxylic acids is 1. The highest BCUT2D eigenvalue weighted by molar-refractivity contribution is 7.07. The van der Waals surface area contributed by atoms with E-state index in [-0.39, 0.29) is 5.78 Å². The fourth-order valence-electron chi connectivity index (χ4n) is 2.84. The number of carbonyl (C=O) groups is 1. The number of Topliss-reactive ketones (excluding diaryl/α,β-unsaturated/α-hetero) is 1. The van der Waals surface area contributed by atoms with Gasteiger partial charge in [0, 0.05) is 22.7 Å². The van der Waals surface area contributed by atoms with Crippen LogP contribution in [0.15, 0.2) is 71.7 Å². The standard InChI is InChI=1S/C21H17N3OS/c1-15(25)16-5-7-17(8-6-16)18-3-2-4-19(11-18)21-9-10-24(23-21)12-20-13-26-14-22-20/h2-11,13-14H,12H2,1H3. The van der Waals surface area contributed by atoms with E-state index in [4.69, 9.17) is 0 Å². The molecule has 4 aromatic rings. The lowest BCUT2D eigenvalue weighted by atomic mass is 10.00. The minimum absolute atomic E-state index is 0.0796. The monoisotopic (exact) mass is 359 g/mol. The molecule has 0 unspecified atom stereocenters. The smallest absolute Gasteiger partial charge is 0.159 e. The quantitative estimate of drug-likeness (QED) is 0.475. The largest absolute Gasteiger partial charge is 0.295 e. The molecule has 4 nitrogen and oxygen atoms in total. The first-order chi connectivity index (χ1) is 12.7. The van der Waals surface area contributed by atoms with E-state index in [0.29, 0.717) is 6.54 Å². The topological polar surface area (TPSA) is 47.8 Å². The van der Waals surface area contributed by atoms with Gasteiger partial charge in [-0.05, 0) is 30.2 Å². The van der Waals surface area contributed by atoms with Gasteiger partial charge in [0.25, 0.3) is 0 Å². The normalized spacial score (nSPS) is 10.8. The Hall–Kier alpha value is -3.05. The maximum atomic E-state index is 11.4. The molecule has 0 N–H and O–H groups in total. The van der Waals surface area contributed by atoms with E-state index in [1.165, 1.54) is 0 Å². The summed E-state index contributed by atoms with van der Waals surface area (Å²) >= 11 is 1.59. The van der Waals surface area contributed by atoms with Crippen molar-refractivity contribution < 1.29 is 4.79 Å². The summed E-state index contributed by atoms with van der Waals surface area (Å²) in [4.78, 5) is 15.7. The van der Waals surface area contributed by atoms with E-state index < -0.39 is 0 Å². The molecule has 0 aliphatic rings. The van der Waals surface area contributed by atoms with Gasteiger partial charge in [-0.2, -0.15) is 5.10 Å². The molecule has 128 valence electrons. The van der Waals surface area contributed by atoms with E-state index in [2.05, 4.69) is 28.3 Å². The minimum Gasteiger partial charge on any atom is -0.295 e. The first-order valence-corrected chi connectivity index (χ1v) is 9.26. The fourth-order valence-corrected chi connectivity index (χ4v) is 3.39. The Labute approximate surface area is 155 Å². The number of aromatic nitrogens is 3. The third-order valence-electron chi connectivity index (χ3n) is 4.23. The molecular formula is C21H17N3OS. The number of thiazole rings is 1. The van der Waals surface area contributed by atoms with Crippen molar-refractivity contribution in [3.05, 3.63) is 82.9 Å². The molecule has 0 saturated carbocycles. The lowest BCUT2D eigenvalue weighted by Gasteiger charge is -2.05. The van der Waals surface area contributed by atoms with Gasteiger partial charge in [0.05, 0.1) is 23.4 Å². The summed E-state index contributed by atoms with van der Waals surface area (Å²) in [5.74, 6) is 0.0796. The molecule has 0 saturated heterocycles. The van der Waals surface area contributed by atoms with Crippen molar-refractivity contribution in [1.29, 1.82) is 0 Å². The summed E-state index contributed by atoms with van der Waals surface area (Å²) in [7, 11) is 0. The Bertz CT molecular complexity index is 1030. The molecular weight excluding hydrogens is 342 g/mol. The van der Waals surface area contributed by atoms with Gasteiger partial charge in [0.15, 0.2) is 5.78 Å². The second-order valence-electron chi connectivity index (χ2n) is 6.09. The second kappa shape index (κ2) is 7.06. The average molecular weight is 359 g/mol. The molecule has 0 spiro atoms. The van der Waals surface area contributed by atoms with Crippen molar-refractivity contribution in [2.75, 3.05) is 0 Å². The number of nitrogens with zero attached hydrogens (tertiary/aromatic N) is 3. The van der Waals surface area contributed by atoms with Crippen LogP contribution in [0.4, 0.5) is 0 Å². The molecule has 4 rings (SSSR count). The van der Waals surface area contributed by atoms with Crippen LogP contribution in [0.25, 0.3) is 22.4 Å². The predicted octanol–water partition coefficient (Wildman–Crippen LogP) is 4.92. The summed E-state index contributed by atoms with van der Waals surface area (Å²) in [6.07, 6.45) is 1.98. The molecule has 0 radical (unpaired) electrons. The first kappa shape index (κ1) is 16.4. The first-order valence-electron chi connectivity index (χ1n) is 8.31. The Kier molecular flexibility index (Phi) is 4.46. The molecule has 2 aromatic carbocycles. The van der Waals surface area contributed by atoms with E-state index in [9.17, 15) is 4.79 Å². The van der Waals surface area contributed by atoms with Crippen LogP contribution in [0, 0.1) is 0 Å². The van der Waals surface area contributed by atoms with Crippen molar-refractivity contribution in [2.45, 2.75) is 13.5 Å². The average Bonchev–Trinajstić information content (AvgIpc) is 3.34. The summed E-state index contributed by atoms with van der Waals surface area (Å²) in [6, 6.07) is 18.0. The zero-order valence-electron chi connectivity index (χ0n) is 14.3. The van der Waals surface area contributed by atoms with E-state index >= 15 is 0 Å². The van der Waals surface area contributed by atoms with Gasteiger partial charge < -0.3 is 0 Å². The fraction of sp³-hybridized carbons (Fsp3) is 0.0952. The molecule has 0 amide bonds. The second-order valence-corrected chi connectivity index (χ2v) is 6.81. The molecule has 2 aromatic heterocycles. The summed E-state index contributed by atoms with van der Waals surface area (Å²) in [5.41, 5.74) is 7.76. The van der Waals surface area contributed by atoms with Gasteiger partial charge in [-0.25, -0.2) is 4.98 Å². The van der Waals surface area contributed by atoms with Crippen LogP contribution in [0.1, 0.15) is 23.0 Å². The highest BCUT2D eigenvalue weighted by atomic mass is 32.1. The molecule has 0 atom stereocenters. The highest BCUT2D eigenvalue weighted by Crippen LogP contribution is 2.26. The third kappa shape index (κ3) is 3.48. The van der Waals surface area contributed by atoms with Gasteiger partial charge >= 0.3 is 0 Å². The maximum absolute atomic E-state index is 11.4. The van der Waals surface area contributed by atoms with Gasteiger partial charge in [0.2, 0.25) is 0 Å². The van der Waals surface area contributed by atoms with Crippen LogP contribution in [-0.4, -0.2) is 20.5 Å². The molecule has 0 bridgehead atoms. The number of rotatable bonds is 5. The van der Waals surface area contributed by atoms with Crippen molar-refractivity contribution in [2.24, 2.45) is 0 Å². The van der Waals surface area contributed by atoms with Crippen LogP contribution in [-0.2, 0) is 6.54 Å². The highest BCUT2D eigenvalue weighted by Gasteiger charge is 2.07. The minimum atomic E-state index is 0.0796. The zero-order chi connectivity index (χ0) is 17.9. The number of ketones is 1. The van der Waals surface area contributed by atoms with Crippen LogP contribution in [0.3, 0.4) is 0 Å². The van der Waals surface area contributed by atoms with E-state index in [1.54, 1.807) is 18.3 Å². The van der Waals surface area contributed by atoms with Crippen molar-refractivity contribution in [3.8, 4) is 22.4 Å². The summed E-state index contributed by atoms with van der Waals surface area (Å²) in [5, 5.41) is 6.70. The maximum Gasteiger partial charge on any atom is 0.159 e. The van der Waals surface area contributed by atoms with Crippen molar-refractivity contribution >= 4 is 17.1 Å². The molecule has 0 aliphatic carbocycles. The number of hydrogen-bond acceptors (Lipinski definition) is 4. The summed E-state index contributed by atoms with van der Waals surface area (Å²) in [6.45, 7) is 2.26.